The minimum absolute atomic E-state index is 0.0141. The predicted molar refractivity (Wildman–Crippen MR) is 77.1 cm³/mol. The third-order valence-electron chi connectivity index (χ3n) is 3.40. The third kappa shape index (κ3) is 4.28. The van der Waals surface area contributed by atoms with Crippen molar-refractivity contribution in [2.45, 2.75) is 32.1 Å². The Hall–Kier alpha value is -0.940. The van der Waals surface area contributed by atoms with E-state index in [1.807, 2.05) is 0 Å². The molecule has 0 heterocycles. The van der Waals surface area contributed by atoms with Crippen LogP contribution < -0.4 is 4.72 Å². The van der Waals surface area contributed by atoms with Crippen molar-refractivity contribution in [3.63, 3.8) is 0 Å². The van der Waals surface area contributed by atoms with Crippen LogP contribution in [0, 0.1) is 5.92 Å². The number of anilines is 1. The SMILES string of the molecule is O=S(=O)(CC1CCCCC1)Nc1ccc(O)cc1Cl. The van der Waals surface area contributed by atoms with Crippen LogP contribution in [0.15, 0.2) is 18.2 Å². The number of benzene rings is 1. The highest BCUT2D eigenvalue weighted by molar-refractivity contribution is 7.92. The number of nitrogens with one attached hydrogen (secondary N) is 1. The van der Waals surface area contributed by atoms with E-state index in [2.05, 4.69) is 4.72 Å². The number of halogens is 1. The minimum Gasteiger partial charge on any atom is -0.508 e. The Bertz CT molecular complexity index is 539. The maximum Gasteiger partial charge on any atom is 0.233 e. The molecule has 0 radical (unpaired) electrons. The van der Waals surface area contributed by atoms with E-state index in [9.17, 15) is 13.5 Å². The van der Waals surface area contributed by atoms with Gasteiger partial charge in [0.25, 0.3) is 0 Å². The molecule has 0 atom stereocenters. The van der Waals surface area contributed by atoms with Gasteiger partial charge < -0.3 is 5.11 Å². The van der Waals surface area contributed by atoms with Gasteiger partial charge in [-0.25, -0.2) is 8.42 Å². The highest BCUT2D eigenvalue weighted by atomic mass is 35.5. The summed E-state index contributed by atoms with van der Waals surface area (Å²) < 4.78 is 26.6. The summed E-state index contributed by atoms with van der Waals surface area (Å²) in [4.78, 5) is 0. The van der Waals surface area contributed by atoms with E-state index in [1.165, 1.54) is 24.6 Å². The molecule has 0 aromatic heterocycles. The molecule has 0 amide bonds. The Morgan fingerprint density at radius 3 is 2.58 bits per heavy atom. The van der Waals surface area contributed by atoms with Gasteiger partial charge in [0, 0.05) is 6.07 Å². The first kappa shape index (κ1) is 14.5. The molecule has 0 bridgehead atoms. The van der Waals surface area contributed by atoms with Crippen molar-refractivity contribution in [3.8, 4) is 5.75 Å². The van der Waals surface area contributed by atoms with Crippen LogP contribution in [-0.4, -0.2) is 19.3 Å². The quantitative estimate of drug-likeness (QED) is 0.838. The molecule has 0 aliphatic heterocycles. The van der Waals surface area contributed by atoms with Crippen LogP contribution in [-0.2, 0) is 10.0 Å². The first-order valence-corrected chi connectivity index (χ1v) is 8.48. The normalized spacial score (nSPS) is 17.3. The Morgan fingerprint density at radius 2 is 1.95 bits per heavy atom. The molecular weight excluding hydrogens is 286 g/mol. The number of phenolic OH excluding ortho intramolecular Hbond substituents is 1. The van der Waals surface area contributed by atoms with Crippen LogP contribution in [0.2, 0.25) is 5.02 Å². The fraction of sp³-hybridized carbons (Fsp3) is 0.538. The second-order valence-electron chi connectivity index (χ2n) is 5.05. The second-order valence-corrected chi connectivity index (χ2v) is 7.23. The first-order valence-electron chi connectivity index (χ1n) is 6.45. The van der Waals surface area contributed by atoms with E-state index in [0.29, 0.717) is 5.69 Å². The molecule has 1 aliphatic carbocycles. The summed E-state index contributed by atoms with van der Waals surface area (Å²) in [5.74, 6) is 0.395. The molecule has 19 heavy (non-hydrogen) atoms. The van der Waals surface area contributed by atoms with Crippen molar-refractivity contribution >= 4 is 27.3 Å². The molecule has 1 aromatic carbocycles. The van der Waals surface area contributed by atoms with Gasteiger partial charge in [0.2, 0.25) is 10.0 Å². The molecule has 0 saturated heterocycles. The number of hydrogen-bond donors (Lipinski definition) is 2. The summed E-state index contributed by atoms with van der Waals surface area (Å²) in [7, 11) is -3.39. The Kier molecular flexibility index (Phi) is 4.58. The van der Waals surface area contributed by atoms with Gasteiger partial charge in [0.1, 0.15) is 5.75 Å². The highest BCUT2D eigenvalue weighted by Gasteiger charge is 2.21. The molecular formula is C13H18ClNO3S. The van der Waals surface area contributed by atoms with E-state index in [1.54, 1.807) is 0 Å². The number of sulfonamides is 1. The van der Waals surface area contributed by atoms with Crippen molar-refractivity contribution in [2.24, 2.45) is 5.92 Å². The maximum absolute atomic E-state index is 12.1. The number of hydrogen-bond acceptors (Lipinski definition) is 3. The summed E-state index contributed by atoms with van der Waals surface area (Å²) in [5.41, 5.74) is 0.315. The molecule has 0 unspecified atom stereocenters. The predicted octanol–water partition coefficient (Wildman–Crippen LogP) is 3.37. The Morgan fingerprint density at radius 1 is 1.26 bits per heavy atom. The van der Waals surface area contributed by atoms with E-state index in [0.717, 1.165) is 25.7 Å². The molecule has 4 nitrogen and oxygen atoms in total. The van der Waals surface area contributed by atoms with Crippen molar-refractivity contribution < 1.29 is 13.5 Å². The van der Waals surface area contributed by atoms with Crippen molar-refractivity contribution in [2.75, 3.05) is 10.5 Å². The van der Waals surface area contributed by atoms with Crippen molar-refractivity contribution in [1.29, 1.82) is 0 Å². The Labute approximate surface area is 118 Å². The molecule has 6 heteroatoms. The average molecular weight is 304 g/mol. The maximum atomic E-state index is 12.1. The zero-order valence-corrected chi connectivity index (χ0v) is 12.2. The van der Waals surface area contributed by atoms with Gasteiger partial charge in [-0.3, -0.25) is 4.72 Å². The van der Waals surface area contributed by atoms with Gasteiger partial charge in [-0.05, 0) is 30.9 Å². The third-order valence-corrected chi connectivity index (χ3v) is 5.15. The molecule has 2 N–H and O–H groups in total. The average Bonchev–Trinajstić information content (AvgIpc) is 2.33. The lowest BCUT2D eigenvalue weighted by atomic mass is 9.91. The largest absolute Gasteiger partial charge is 0.508 e. The minimum atomic E-state index is -3.39. The van der Waals surface area contributed by atoms with E-state index in [4.69, 9.17) is 11.6 Å². The van der Waals surface area contributed by atoms with E-state index < -0.39 is 10.0 Å². The fourth-order valence-electron chi connectivity index (χ4n) is 2.46. The lowest BCUT2D eigenvalue weighted by molar-refractivity contribution is 0.385. The summed E-state index contributed by atoms with van der Waals surface area (Å²) in [6.45, 7) is 0. The van der Waals surface area contributed by atoms with Crippen LogP contribution in [0.1, 0.15) is 32.1 Å². The second kappa shape index (κ2) is 6.01. The zero-order valence-electron chi connectivity index (χ0n) is 10.6. The van der Waals surface area contributed by atoms with E-state index >= 15 is 0 Å². The van der Waals surface area contributed by atoms with Gasteiger partial charge in [-0.2, -0.15) is 0 Å². The zero-order chi connectivity index (χ0) is 13.9. The lowest BCUT2D eigenvalue weighted by Crippen LogP contribution is -2.24. The van der Waals surface area contributed by atoms with Gasteiger partial charge in [-0.15, -0.1) is 0 Å². The van der Waals surface area contributed by atoms with Crippen LogP contribution in [0.5, 0.6) is 5.75 Å². The summed E-state index contributed by atoms with van der Waals surface area (Å²) in [6.07, 6.45) is 5.38. The highest BCUT2D eigenvalue weighted by Crippen LogP contribution is 2.29. The summed E-state index contributed by atoms with van der Waals surface area (Å²) in [5, 5.41) is 9.44. The standard InChI is InChI=1S/C13H18ClNO3S/c14-12-8-11(16)6-7-13(12)15-19(17,18)9-10-4-2-1-3-5-10/h6-8,10,15-16H,1-5,9H2. The lowest BCUT2D eigenvalue weighted by Gasteiger charge is -2.21. The van der Waals surface area contributed by atoms with Crippen LogP contribution in [0.3, 0.4) is 0 Å². The topological polar surface area (TPSA) is 66.4 Å². The Balaban J connectivity index is 2.03. The van der Waals surface area contributed by atoms with E-state index in [-0.39, 0.29) is 22.4 Å². The molecule has 0 spiro atoms. The first-order chi connectivity index (χ1) is 8.96. The van der Waals surface area contributed by atoms with Crippen molar-refractivity contribution in [3.05, 3.63) is 23.2 Å². The van der Waals surface area contributed by atoms with Gasteiger partial charge in [0.15, 0.2) is 0 Å². The fourth-order valence-corrected chi connectivity index (χ4v) is 4.29. The number of rotatable bonds is 4. The van der Waals surface area contributed by atoms with Gasteiger partial charge in [-0.1, -0.05) is 30.9 Å². The van der Waals surface area contributed by atoms with Crippen LogP contribution in [0.25, 0.3) is 0 Å². The molecule has 2 rings (SSSR count). The summed E-state index contributed by atoms with van der Waals surface area (Å²) >= 11 is 5.89. The van der Waals surface area contributed by atoms with Crippen LogP contribution >= 0.6 is 11.6 Å². The smallest absolute Gasteiger partial charge is 0.233 e. The monoisotopic (exact) mass is 303 g/mol. The van der Waals surface area contributed by atoms with Crippen molar-refractivity contribution in [1.82, 2.24) is 0 Å². The molecule has 1 fully saturated rings. The van der Waals surface area contributed by atoms with Gasteiger partial charge in [0.05, 0.1) is 16.5 Å². The number of phenols is 1. The molecule has 1 aliphatic rings. The molecule has 1 saturated carbocycles. The molecule has 106 valence electrons. The molecule has 1 aromatic rings. The summed E-state index contributed by atoms with van der Waals surface area (Å²) in [6, 6.07) is 4.19. The number of aromatic hydroxyl groups is 1. The van der Waals surface area contributed by atoms with Gasteiger partial charge >= 0.3 is 0 Å². The van der Waals surface area contributed by atoms with Crippen LogP contribution in [0.4, 0.5) is 5.69 Å².